The number of carbonyl (C=O) groups excluding carboxylic acids is 1. The van der Waals surface area contributed by atoms with Crippen molar-refractivity contribution in [2.24, 2.45) is 5.41 Å². The van der Waals surface area contributed by atoms with Crippen molar-refractivity contribution < 1.29 is 32.3 Å². The van der Waals surface area contributed by atoms with Gasteiger partial charge in [0, 0.05) is 43.8 Å². The summed E-state index contributed by atoms with van der Waals surface area (Å²) in [6.07, 6.45) is -2.82. The lowest BCUT2D eigenvalue weighted by Gasteiger charge is -2.57. The normalized spacial score (nSPS) is 25.6. The molecule has 0 unspecified atom stereocenters. The third-order valence-electron chi connectivity index (χ3n) is 10.4. The van der Waals surface area contributed by atoms with Crippen LogP contribution in [0.5, 0.6) is 0 Å². The maximum Gasteiger partial charge on any atom is 0.407 e. The van der Waals surface area contributed by atoms with E-state index >= 15 is 0 Å². The summed E-state index contributed by atoms with van der Waals surface area (Å²) in [5.74, 6) is -0.538. The van der Waals surface area contributed by atoms with Crippen molar-refractivity contribution in [2.45, 2.75) is 90.0 Å². The molecule has 0 bridgehead atoms. The highest BCUT2D eigenvalue weighted by Crippen LogP contribution is 2.42. The minimum Gasteiger partial charge on any atom is -0.465 e. The molecule has 1 aromatic heterocycles. The van der Waals surface area contributed by atoms with Crippen LogP contribution in [-0.4, -0.2) is 99.9 Å². The molecule has 0 aliphatic carbocycles. The Kier molecular flexibility index (Phi) is 8.96. The van der Waals surface area contributed by atoms with Crippen molar-refractivity contribution >= 4 is 17.7 Å². The van der Waals surface area contributed by atoms with E-state index in [1.807, 2.05) is 52.5 Å². The number of amides is 2. The van der Waals surface area contributed by atoms with Gasteiger partial charge in [0.2, 0.25) is 5.91 Å². The number of likely N-dealkylation sites (tertiary alicyclic amines) is 1. The molecule has 46 heavy (non-hydrogen) atoms. The molecule has 8 nitrogen and oxygen atoms in total. The zero-order chi connectivity index (χ0) is 33.8. The third-order valence-corrected chi connectivity index (χ3v) is 10.4. The largest absolute Gasteiger partial charge is 0.465 e. The fourth-order valence-corrected chi connectivity index (χ4v) is 7.31. The predicted octanol–water partition coefficient (Wildman–Crippen LogP) is 5.93. The molecule has 2 aromatic rings. The second-order valence-electron chi connectivity index (χ2n) is 15.0. The first-order valence-electron chi connectivity index (χ1n) is 15.9. The number of hydrogen-bond donors (Lipinski definition) is 1. The van der Waals surface area contributed by atoms with Gasteiger partial charge in [-0.1, -0.05) is 46.8 Å². The predicted molar refractivity (Wildman–Crippen MR) is 167 cm³/mol. The van der Waals surface area contributed by atoms with Crippen LogP contribution in [0.3, 0.4) is 0 Å². The number of carboxylic acid groups (broad SMARTS) is 1. The highest BCUT2D eigenvalue weighted by atomic mass is 19.4. The van der Waals surface area contributed by atoms with E-state index in [0.29, 0.717) is 25.1 Å². The van der Waals surface area contributed by atoms with Gasteiger partial charge in [0.15, 0.2) is 0 Å². The molecule has 4 heterocycles. The Morgan fingerprint density at radius 1 is 1.02 bits per heavy atom. The van der Waals surface area contributed by atoms with Crippen LogP contribution in [0.4, 0.5) is 28.0 Å². The van der Waals surface area contributed by atoms with E-state index in [4.69, 9.17) is 4.98 Å². The monoisotopic (exact) mass is 647 g/mol. The number of carbonyl (C=O) groups is 2. The van der Waals surface area contributed by atoms with Crippen LogP contribution < -0.4 is 4.90 Å². The lowest BCUT2D eigenvalue weighted by atomic mass is 9.71. The standard InChI is InChI=1S/C34H45F4N5O3/c1-31(2,3)33(6)21-41(25(18-43(33)30(45)46)17-40-13-7-8-27(40)34(36,37)38)19-28(44)42-20-32(4,5)29-26(42)15-23(16-39-29)14-22-9-11-24(35)12-10-22/h9-12,15-16,25,27H,7-8,13-14,17-21H2,1-6H3,(H,45,46)/t25-,27+,33-/m0/s1. The van der Waals surface area contributed by atoms with Gasteiger partial charge in [-0.15, -0.1) is 0 Å². The fraction of sp³-hybridized carbons (Fsp3) is 0.618. The molecule has 5 rings (SSSR count). The quantitative estimate of drug-likeness (QED) is 0.392. The number of anilines is 1. The zero-order valence-electron chi connectivity index (χ0n) is 27.5. The smallest absolute Gasteiger partial charge is 0.407 e. The molecular weight excluding hydrogens is 602 g/mol. The molecule has 1 N–H and O–H groups in total. The number of hydrogen-bond acceptors (Lipinski definition) is 5. The van der Waals surface area contributed by atoms with Gasteiger partial charge in [-0.3, -0.25) is 24.5 Å². The van der Waals surface area contributed by atoms with Gasteiger partial charge in [-0.05, 0) is 67.5 Å². The summed E-state index contributed by atoms with van der Waals surface area (Å²) in [5, 5.41) is 10.3. The van der Waals surface area contributed by atoms with Gasteiger partial charge in [0.1, 0.15) is 11.9 Å². The number of rotatable bonds is 6. The maximum absolute atomic E-state index is 14.2. The number of piperazine rings is 1. The maximum atomic E-state index is 14.2. The van der Waals surface area contributed by atoms with Crippen molar-refractivity contribution in [3.63, 3.8) is 0 Å². The van der Waals surface area contributed by atoms with E-state index in [1.165, 1.54) is 21.9 Å². The number of pyridine rings is 1. The van der Waals surface area contributed by atoms with Gasteiger partial charge in [0.25, 0.3) is 0 Å². The minimum atomic E-state index is -4.39. The summed E-state index contributed by atoms with van der Waals surface area (Å²) in [7, 11) is 0. The fourth-order valence-electron chi connectivity index (χ4n) is 7.31. The Bertz CT molecular complexity index is 1460. The van der Waals surface area contributed by atoms with Crippen LogP contribution >= 0.6 is 0 Å². The summed E-state index contributed by atoms with van der Waals surface area (Å²) in [4.78, 5) is 37.9. The molecule has 12 heteroatoms. The second kappa shape index (κ2) is 12.1. The first-order chi connectivity index (χ1) is 21.3. The molecule has 2 saturated heterocycles. The number of aromatic nitrogens is 1. The van der Waals surface area contributed by atoms with E-state index in [-0.39, 0.29) is 50.9 Å². The Labute approximate surface area is 268 Å². The van der Waals surface area contributed by atoms with Crippen molar-refractivity contribution in [1.29, 1.82) is 0 Å². The number of nitrogens with zero attached hydrogens (tertiary/aromatic N) is 5. The molecule has 3 aliphatic heterocycles. The van der Waals surface area contributed by atoms with E-state index in [0.717, 1.165) is 16.8 Å². The van der Waals surface area contributed by atoms with Crippen molar-refractivity contribution in [1.82, 2.24) is 19.7 Å². The van der Waals surface area contributed by atoms with E-state index in [1.54, 1.807) is 23.2 Å². The summed E-state index contributed by atoms with van der Waals surface area (Å²) in [5.41, 5.74) is 1.36. The van der Waals surface area contributed by atoms with Crippen LogP contribution in [0.25, 0.3) is 0 Å². The molecule has 0 saturated carbocycles. The van der Waals surface area contributed by atoms with E-state index < -0.39 is 40.7 Å². The van der Waals surface area contributed by atoms with E-state index in [9.17, 15) is 32.3 Å². The molecule has 0 radical (unpaired) electrons. The van der Waals surface area contributed by atoms with Gasteiger partial charge < -0.3 is 10.0 Å². The molecule has 2 fully saturated rings. The number of halogens is 4. The highest BCUT2D eigenvalue weighted by molar-refractivity contribution is 5.97. The van der Waals surface area contributed by atoms with Gasteiger partial charge in [0.05, 0.1) is 23.5 Å². The molecule has 3 atom stereocenters. The van der Waals surface area contributed by atoms with Crippen molar-refractivity contribution in [3.05, 3.63) is 59.2 Å². The molecule has 3 aliphatic rings. The lowest BCUT2D eigenvalue weighted by molar-refractivity contribution is -0.179. The number of alkyl halides is 3. The molecule has 2 amide bonds. The zero-order valence-corrected chi connectivity index (χ0v) is 27.5. The van der Waals surface area contributed by atoms with Gasteiger partial charge in [-0.2, -0.15) is 13.2 Å². The van der Waals surface area contributed by atoms with Crippen molar-refractivity contribution in [2.75, 3.05) is 44.2 Å². The number of benzene rings is 1. The second-order valence-corrected chi connectivity index (χ2v) is 15.0. The Morgan fingerprint density at radius 3 is 2.30 bits per heavy atom. The van der Waals surface area contributed by atoms with E-state index in [2.05, 4.69) is 0 Å². The average molecular weight is 648 g/mol. The molecule has 252 valence electrons. The number of fused-ring (bicyclic) bond motifs is 1. The molecule has 1 aromatic carbocycles. The average Bonchev–Trinajstić information content (AvgIpc) is 3.52. The minimum absolute atomic E-state index is 0.00437. The first kappa shape index (κ1) is 34.1. The van der Waals surface area contributed by atoms with Crippen LogP contribution in [-0.2, 0) is 16.6 Å². The Balaban J connectivity index is 1.44. The van der Waals surface area contributed by atoms with Gasteiger partial charge in [-0.25, -0.2) is 9.18 Å². The lowest BCUT2D eigenvalue weighted by Crippen LogP contribution is -2.72. The first-order valence-corrected chi connectivity index (χ1v) is 15.9. The summed E-state index contributed by atoms with van der Waals surface area (Å²) >= 11 is 0. The topological polar surface area (TPSA) is 80.2 Å². The van der Waals surface area contributed by atoms with Crippen LogP contribution in [0.1, 0.15) is 71.2 Å². The Morgan fingerprint density at radius 2 is 1.70 bits per heavy atom. The SMILES string of the molecule is CC1(C)CN(C(=O)CN2C[C@@](C)(C(C)(C)C)N(C(=O)O)C[C@@H]2CN2CCC[C@@H]2C(F)(F)F)c2cc(Cc3ccc(F)cc3)cnc21. The van der Waals surface area contributed by atoms with Gasteiger partial charge >= 0.3 is 12.3 Å². The summed E-state index contributed by atoms with van der Waals surface area (Å²) in [6, 6.07) is 5.97. The van der Waals surface area contributed by atoms with Crippen LogP contribution in [0, 0.1) is 11.2 Å². The summed E-state index contributed by atoms with van der Waals surface area (Å²) < 4.78 is 55.2. The summed E-state index contributed by atoms with van der Waals surface area (Å²) in [6.45, 7) is 12.5. The van der Waals surface area contributed by atoms with Crippen LogP contribution in [0.15, 0.2) is 36.5 Å². The van der Waals surface area contributed by atoms with Crippen LogP contribution in [0.2, 0.25) is 0 Å². The molecule has 0 spiro atoms. The third kappa shape index (κ3) is 6.60. The molecular formula is C34H45F4N5O3. The Hall–Kier alpha value is -3.25. The highest BCUT2D eigenvalue weighted by Gasteiger charge is 2.53. The van der Waals surface area contributed by atoms with Crippen molar-refractivity contribution in [3.8, 4) is 0 Å².